The van der Waals surface area contributed by atoms with E-state index in [9.17, 15) is 0 Å². The van der Waals surface area contributed by atoms with Crippen molar-refractivity contribution in [3.8, 4) is 0 Å². The van der Waals surface area contributed by atoms with Gasteiger partial charge in [0.15, 0.2) is 0 Å². The zero-order chi connectivity index (χ0) is 37.7. The summed E-state index contributed by atoms with van der Waals surface area (Å²) in [5.41, 5.74) is 0. The molecule has 0 aliphatic rings. The van der Waals surface area contributed by atoms with E-state index in [0.29, 0.717) is 0 Å². The molecular weight excluding hydrogens is 717 g/mol. The van der Waals surface area contributed by atoms with Gasteiger partial charge in [0.25, 0.3) is 8.32 Å². The first-order valence-electron chi connectivity index (χ1n) is 19.8. The minimum absolute atomic E-state index is 0.944. The molecule has 0 saturated heterocycles. The topological polar surface area (TPSA) is 18.5 Å². The summed E-state index contributed by atoms with van der Waals surface area (Å²) in [4.78, 5) is 0. The van der Waals surface area contributed by atoms with E-state index < -0.39 is 25.2 Å². The molecular formula is C50H51O2Si3. The number of hydrogen-bond donors (Lipinski definition) is 0. The second-order valence-electron chi connectivity index (χ2n) is 14.3. The number of unbranched alkanes of at least 4 members (excludes halogenated alkanes) is 5. The molecule has 0 aromatic heterocycles. The Morgan fingerprint density at radius 1 is 0.309 bits per heavy atom. The van der Waals surface area contributed by atoms with Crippen molar-refractivity contribution in [3.63, 3.8) is 0 Å². The van der Waals surface area contributed by atoms with Crippen LogP contribution in [0.3, 0.4) is 0 Å². The van der Waals surface area contributed by atoms with E-state index in [1.54, 1.807) is 0 Å². The summed E-state index contributed by atoms with van der Waals surface area (Å²) < 4.78 is 17.2. The molecule has 5 heteroatoms. The van der Waals surface area contributed by atoms with E-state index in [2.05, 4.69) is 219 Å². The van der Waals surface area contributed by atoms with Crippen LogP contribution in [0.25, 0.3) is 0 Å². The summed E-state index contributed by atoms with van der Waals surface area (Å²) in [6.07, 6.45) is 6.80. The molecule has 275 valence electrons. The summed E-state index contributed by atoms with van der Waals surface area (Å²) in [6, 6.07) is 77.9. The number of rotatable bonds is 18. The van der Waals surface area contributed by atoms with Gasteiger partial charge in [0.05, 0.1) is 0 Å². The maximum atomic E-state index is 8.60. The molecule has 0 fully saturated rings. The first kappa shape index (κ1) is 38.4. The molecule has 0 bridgehead atoms. The van der Waals surface area contributed by atoms with Crippen molar-refractivity contribution in [3.05, 3.63) is 219 Å². The van der Waals surface area contributed by atoms with E-state index in [0.717, 1.165) is 35.7 Å². The van der Waals surface area contributed by atoms with E-state index >= 15 is 0 Å². The number of hydrogen-bond acceptors (Lipinski definition) is 2. The predicted octanol–water partition coefficient (Wildman–Crippen LogP) is 7.88. The summed E-state index contributed by atoms with van der Waals surface area (Å²) >= 11 is 0. The van der Waals surface area contributed by atoms with Crippen molar-refractivity contribution in [2.24, 2.45) is 0 Å². The van der Waals surface area contributed by atoms with E-state index in [1.807, 2.05) is 0 Å². The summed E-state index contributed by atoms with van der Waals surface area (Å²) in [5, 5.41) is 8.35. The molecule has 0 atom stereocenters. The van der Waals surface area contributed by atoms with Crippen LogP contribution in [0.1, 0.15) is 38.5 Å². The highest BCUT2D eigenvalue weighted by Crippen LogP contribution is 2.27. The standard InChI is InChI=1S/C50H51O2Si3/c1-2-3-4-5-6-28-43-53(44-29-14-7-15-30-44,45-31-16-8-17-32-45)51-55(49-39-24-12-25-40-49,50-41-26-13-27-42-50)52-54(46-33-18-9-19-34-46,47-35-20-10-21-36-47)48-37-22-11-23-38-48/h7-27,29-42H,1-6,28,43H2. The Hall–Kier alpha value is -4.89. The van der Waals surface area contributed by atoms with Gasteiger partial charge in [0.1, 0.15) is 0 Å². The molecule has 0 heterocycles. The first-order chi connectivity index (χ1) is 27.2. The Balaban J connectivity index is 1.56. The van der Waals surface area contributed by atoms with Crippen molar-refractivity contribution in [2.45, 2.75) is 44.6 Å². The molecule has 0 aliphatic carbocycles. The maximum absolute atomic E-state index is 8.60. The third-order valence-electron chi connectivity index (χ3n) is 10.7. The summed E-state index contributed by atoms with van der Waals surface area (Å²) in [7, 11) is -10.1. The van der Waals surface area contributed by atoms with Gasteiger partial charge in [-0.1, -0.05) is 258 Å². The molecule has 0 N–H and O–H groups in total. The largest absolute Gasteiger partial charge is 0.422 e. The van der Waals surface area contributed by atoms with Crippen molar-refractivity contribution >= 4 is 61.5 Å². The van der Waals surface area contributed by atoms with Gasteiger partial charge in [0, 0.05) is 0 Å². The maximum Gasteiger partial charge on any atom is 0.387 e. The molecule has 7 aromatic rings. The normalized spacial score (nSPS) is 12.0. The van der Waals surface area contributed by atoms with Gasteiger partial charge in [-0.15, -0.1) is 0 Å². The highest BCUT2D eigenvalue weighted by atomic mass is 28.5. The molecule has 7 aromatic carbocycles. The van der Waals surface area contributed by atoms with E-state index in [4.69, 9.17) is 8.23 Å². The fourth-order valence-electron chi connectivity index (χ4n) is 8.01. The van der Waals surface area contributed by atoms with Gasteiger partial charge < -0.3 is 8.23 Å². The molecule has 2 nitrogen and oxygen atoms in total. The molecule has 7 rings (SSSR count). The molecule has 1 radical (unpaired) electrons. The highest BCUT2D eigenvalue weighted by molar-refractivity contribution is 7.15. The van der Waals surface area contributed by atoms with Gasteiger partial charge in [-0.2, -0.15) is 0 Å². The average molecular weight is 768 g/mol. The van der Waals surface area contributed by atoms with Crippen molar-refractivity contribution in [1.29, 1.82) is 0 Å². The van der Waals surface area contributed by atoms with Crippen LogP contribution in [0.5, 0.6) is 0 Å². The number of benzene rings is 7. The minimum Gasteiger partial charge on any atom is -0.422 e. The van der Waals surface area contributed by atoms with Crippen molar-refractivity contribution in [2.75, 3.05) is 0 Å². The quantitative estimate of drug-likeness (QED) is 0.0503. The third-order valence-corrected chi connectivity index (χ3v) is 24.9. The smallest absolute Gasteiger partial charge is 0.387 e. The monoisotopic (exact) mass is 767 g/mol. The molecule has 0 unspecified atom stereocenters. The second kappa shape index (κ2) is 18.6. The summed E-state index contributed by atoms with van der Waals surface area (Å²) in [6.45, 7) is 4.10. The lowest BCUT2D eigenvalue weighted by Gasteiger charge is -2.47. The molecule has 0 aliphatic heterocycles. The molecule has 0 amide bonds. The van der Waals surface area contributed by atoms with Gasteiger partial charge in [-0.05, 0) is 42.4 Å². The lowest BCUT2D eigenvalue weighted by atomic mass is 10.1. The van der Waals surface area contributed by atoms with Crippen LogP contribution in [0.2, 0.25) is 6.04 Å². The Bertz CT molecular complexity index is 1960. The van der Waals surface area contributed by atoms with Crippen LogP contribution in [-0.4, -0.2) is 25.2 Å². The fraction of sp³-hybridized carbons (Fsp3) is 0.140. The van der Waals surface area contributed by atoms with Crippen LogP contribution >= 0.6 is 0 Å². The lowest BCUT2D eigenvalue weighted by Crippen LogP contribution is -2.81. The Labute approximate surface area is 332 Å². The van der Waals surface area contributed by atoms with Gasteiger partial charge in [-0.25, -0.2) is 0 Å². The Morgan fingerprint density at radius 2 is 0.600 bits per heavy atom. The average Bonchev–Trinajstić information content (AvgIpc) is 3.28. The lowest BCUT2D eigenvalue weighted by molar-refractivity contribution is 0.422. The SMILES string of the molecule is [CH2]CCCCCCC[Si](O[Si](O[Si](c1ccccc1)(c1ccccc1)c1ccccc1)(c1ccccc1)c1ccccc1)(c1ccccc1)c1ccccc1. The van der Waals surface area contributed by atoms with Crippen LogP contribution in [0, 0.1) is 6.92 Å². The second-order valence-corrected chi connectivity index (χ2v) is 24.7. The molecule has 55 heavy (non-hydrogen) atoms. The molecule has 0 saturated carbocycles. The van der Waals surface area contributed by atoms with Gasteiger partial charge in [-0.3, -0.25) is 0 Å². The predicted molar refractivity (Wildman–Crippen MR) is 240 cm³/mol. The molecule has 0 spiro atoms. The Kier molecular flexibility index (Phi) is 13.0. The van der Waals surface area contributed by atoms with Gasteiger partial charge in [0.2, 0.25) is 8.32 Å². The van der Waals surface area contributed by atoms with E-state index in [1.165, 1.54) is 45.2 Å². The van der Waals surface area contributed by atoms with Crippen molar-refractivity contribution in [1.82, 2.24) is 0 Å². The first-order valence-corrected chi connectivity index (χ1v) is 25.6. The van der Waals surface area contributed by atoms with Crippen LogP contribution < -0.4 is 36.3 Å². The summed E-state index contributed by atoms with van der Waals surface area (Å²) in [5.74, 6) is 0. The Morgan fingerprint density at radius 3 is 0.945 bits per heavy atom. The highest BCUT2D eigenvalue weighted by Gasteiger charge is 2.57. The third kappa shape index (κ3) is 8.37. The zero-order valence-corrected chi connectivity index (χ0v) is 34.7. The minimum atomic E-state index is -3.70. The van der Waals surface area contributed by atoms with Crippen molar-refractivity contribution < 1.29 is 8.23 Å². The fourth-order valence-corrected chi connectivity index (χ4v) is 24.6. The van der Waals surface area contributed by atoms with Crippen LogP contribution in [0.4, 0.5) is 0 Å². The zero-order valence-electron chi connectivity index (χ0n) is 31.7. The van der Waals surface area contributed by atoms with E-state index in [-0.39, 0.29) is 0 Å². The van der Waals surface area contributed by atoms with Crippen LogP contribution in [-0.2, 0) is 8.23 Å². The van der Waals surface area contributed by atoms with Crippen LogP contribution in [0.15, 0.2) is 212 Å². The van der Waals surface area contributed by atoms with Gasteiger partial charge >= 0.3 is 8.56 Å².